The maximum Gasteiger partial charge on any atom is 0.248 e. The van der Waals surface area contributed by atoms with E-state index in [-0.39, 0.29) is 30.0 Å². The monoisotopic (exact) mass is 484 g/mol. The van der Waals surface area contributed by atoms with Gasteiger partial charge in [-0.3, -0.25) is 14.6 Å². The Morgan fingerprint density at radius 1 is 1.06 bits per heavy atom. The third kappa shape index (κ3) is 4.33. The van der Waals surface area contributed by atoms with Crippen LogP contribution < -0.4 is 5.73 Å². The summed E-state index contributed by atoms with van der Waals surface area (Å²) in [4.78, 5) is 36.2. The first-order chi connectivity index (χ1) is 17.5. The maximum absolute atomic E-state index is 12.6. The number of nitrogen functional groups attached to an aromatic ring is 1. The molecule has 1 saturated heterocycles. The molecule has 1 fully saturated rings. The van der Waals surface area contributed by atoms with Crippen LogP contribution in [0.15, 0.2) is 54.9 Å². The number of rotatable bonds is 6. The number of hydrogen-bond acceptors (Lipinski definition) is 7. The number of likely N-dealkylation sites (tertiary alicyclic amines) is 1. The predicted octanol–water partition coefficient (Wildman–Crippen LogP) is 3.60. The molecule has 1 aliphatic rings. The van der Waals surface area contributed by atoms with Crippen LogP contribution in [0.4, 0.5) is 5.82 Å². The van der Waals surface area contributed by atoms with Crippen molar-refractivity contribution in [3.05, 3.63) is 66.1 Å². The summed E-state index contributed by atoms with van der Waals surface area (Å²) >= 11 is 0. The maximum atomic E-state index is 12.6. The molecule has 0 saturated carbocycles. The fourth-order valence-electron chi connectivity index (χ4n) is 4.84. The summed E-state index contributed by atoms with van der Waals surface area (Å²) in [7, 11) is 1.51. The van der Waals surface area contributed by atoms with E-state index in [1.165, 1.54) is 18.5 Å². The number of benzene rings is 1. The molecule has 0 spiro atoms. The molecule has 36 heavy (non-hydrogen) atoms. The van der Waals surface area contributed by atoms with Crippen LogP contribution in [0.25, 0.3) is 28.0 Å². The second kappa shape index (κ2) is 9.87. The van der Waals surface area contributed by atoms with E-state index in [4.69, 9.17) is 15.5 Å². The van der Waals surface area contributed by atoms with Gasteiger partial charge in [-0.1, -0.05) is 36.4 Å². The Morgan fingerprint density at radius 2 is 1.81 bits per heavy atom. The summed E-state index contributed by atoms with van der Waals surface area (Å²) in [5, 5.41) is 4.44. The minimum Gasteiger partial charge on any atom is -0.383 e. The van der Waals surface area contributed by atoms with Gasteiger partial charge in [0, 0.05) is 49.0 Å². The number of pyridine rings is 1. The van der Waals surface area contributed by atoms with E-state index >= 15 is 0 Å². The van der Waals surface area contributed by atoms with Gasteiger partial charge in [-0.25, -0.2) is 4.98 Å². The van der Waals surface area contributed by atoms with Crippen molar-refractivity contribution in [2.24, 2.45) is 0 Å². The van der Waals surface area contributed by atoms with E-state index in [0.717, 1.165) is 22.4 Å². The van der Waals surface area contributed by atoms with Crippen molar-refractivity contribution in [1.82, 2.24) is 24.5 Å². The minimum atomic E-state index is -0.152. The predicted molar refractivity (Wildman–Crippen MR) is 137 cm³/mol. The van der Waals surface area contributed by atoms with E-state index in [0.29, 0.717) is 42.8 Å². The van der Waals surface area contributed by atoms with Crippen LogP contribution in [0.1, 0.15) is 41.7 Å². The number of ketones is 1. The van der Waals surface area contributed by atoms with Crippen molar-refractivity contribution in [2.45, 2.75) is 25.7 Å². The molecule has 184 valence electrons. The number of fused-ring (bicyclic) bond motifs is 1. The number of nitrogens with zero attached hydrogens (tertiary/aromatic N) is 5. The quantitative estimate of drug-likeness (QED) is 0.416. The molecule has 3 aromatic heterocycles. The highest BCUT2D eigenvalue weighted by Crippen LogP contribution is 2.35. The van der Waals surface area contributed by atoms with Gasteiger partial charge in [0.25, 0.3) is 0 Å². The molecule has 4 heterocycles. The summed E-state index contributed by atoms with van der Waals surface area (Å²) < 4.78 is 6.51. The van der Waals surface area contributed by atoms with Crippen molar-refractivity contribution in [2.75, 3.05) is 32.5 Å². The zero-order chi connectivity index (χ0) is 25.2. The highest BCUT2D eigenvalue weighted by atomic mass is 16.5. The third-order valence-corrected chi connectivity index (χ3v) is 6.71. The molecule has 1 aliphatic heterocycles. The Labute approximate surface area is 208 Å². The van der Waals surface area contributed by atoms with Gasteiger partial charge in [0.15, 0.2) is 11.4 Å². The first-order valence-corrected chi connectivity index (χ1v) is 11.9. The van der Waals surface area contributed by atoms with Crippen LogP contribution in [-0.4, -0.2) is 63.0 Å². The molecule has 0 radical (unpaired) electrons. The molecule has 2 N–H and O–H groups in total. The van der Waals surface area contributed by atoms with Crippen LogP contribution in [0.3, 0.4) is 0 Å². The molecule has 5 rings (SSSR count). The molecule has 0 unspecified atom stereocenters. The molecule has 0 aliphatic carbocycles. The van der Waals surface area contributed by atoms with E-state index in [2.05, 4.69) is 10.1 Å². The molecule has 0 atom stereocenters. The second-order valence-electron chi connectivity index (χ2n) is 8.99. The van der Waals surface area contributed by atoms with E-state index in [9.17, 15) is 9.59 Å². The van der Waals surface area contributed by atoms with Gasteiger partial charge < -0.3 is 15.4 Å². The smallest absolute Gasteiger partial charge is 0.248 e. The van der Waals surface area contributed by atoms with Gasteiger partial charge in [-0.2, -0.15) is 9.61 Å². The fourth-order valence-corrected chi connectivity index (χ4v) is 4.84. The lowest BCUT2D eigenvalue weighted by atomic mass is 9.89. The zero-order valence-corrected chi connectivity index (χ0v) is 20.3. The molecule has 1 aromatic carbocycles. The average molecular weight is 485 g/mol. The standard InChI is InChI=1S/C27H28N6O3/c1-17(34)24-25(19-10-12-32(13-11-19)23(35)16-36-2)31-27-21(15-30-33(27)26(24)28)20-8-9-22(29-14-20)18-6-4-3-5-7-18/h3-9,14-15,19H,10-13,16,28H2,1-2H3. The lowest BCUT2D eigenvalue weighted by molar-refractivity contribution is -0.136. The number of Topliss-reactive ketones (excluding diaryl/α,β-unsaturated/α-hetero) is 1. The largest absolute Gasteiger partial charge is 0.383 e. The number of aromatic nitrogens is 4. The van der Waals surface area contributed by atoms with E-state index in [1.54, 1.807) is 17.3 Å². The Hall–Kier alpha value is -4.11. The molecule has 4 aromatic rings. The van der Waals surface area contributed by atoms with Gasteiger partial charge in [-0.15, -0.1) is 0 Å². The van der Waals surface area contributed by atoms with Gasteiger partial charge in [0.05, 0.1) is 23.1 Å². The summed E-state index contributed by atoms with van der Waals surface area (Å²) in [6, 6.07) is 13.9. The van der Waals surface area contributed by atoms with Gasteiger partial charge in [0.2, 0.25) is 5.91 Å². The number of piperidine rings is 1. The number of methoxy groups -OCH3 is 1. The van der Waals surface area contributed by atoms with Crippen molar-refractivity contribution in [1.29, 1.82) is 0 Å². The number of anilines is 1. The Balaban J connectivity index is 1.51. The summed E-state index contributed by atoms with van der Waals surface area (Å²) in [5.41, 5.74) is 11.7. The Morgan fingerprint density at radius 3 is 2.44 bits per heavy atom. The minimum absolute atomic E-state index is 0.00382. The normalized spacial score (nSPS) is 14.3. The molecular formula is C27H28N6O3. The molecule has 1 amide bonds. The number of nitrogens with two attached hydrogens (primary N) is 1. The highest BCUT2D eigenvalue weighted by molar-refractivity contribution is 6.00. The summed E-state index contributed by atoms with van der Waals surface area (Å²) in [6.45, 7) is 2.72. The Kier molecular flexibility index (Phi) is 6.47. The van der Waals surface area contributed by atoms with Gasteiger partial charge >= 0.3 is 0 Å². The SMILES string of the molecule is COCC(=O)N1CCC(c2nc3c(-c4ccc(-c5ccccc5)nc4)cnn3c(N)c2C(C)=O)CC1. The lowest BCUT2D eigenvalue weighted by Crippen LogP contribution is -2.40. The first-order valence-electron chi connectivity index (χ1n) is 11.9. The van der Waals surface area contributed by atoms with Crippen LogP contribution >= 0.6 is 0 Å². The summed E-state index contributed by atoms with van der Waals surface area (Å²) in [6.07, 6.45) is 4.89. The van der Waals surface area contributed by atoms with Gasteiger partial charge in [-0.05, 0) is 25.8 Å². The van der Waals surface area contributed by atoms with Crippen LogP contribution in [0.5, 0.6) is 0 Å². The second-order valence-corrected chi connectivity index (χ2v) is 8.99. The number of carbonyl (C=O) groups is 2. The van der Waals surface area contributed by atoms with Crippen LogP contribution in [0, 0.1) is 0 Å². The zero-order valence-electron chi connectivity index (χ0n) is 20.3. The first kappa shape index (κ1) is 23.6. The van der Waals surface area contributed by atoms with Crippen LogP contribution in [0.2, 0.25) is 0 Å². The van der Waals surface area contributed by atoms with E-state index < -0.39 is 0 Å². The Bertz CT molecular complexity index is 1410. The van der Waals surface area contributed by atoms with Crippen molar-refractivity contribution in [3.63, 3.8) is 0 Å². The number of ether oxygens (including phenoxy) is 1. The van der Waals surface area contributed by atoms with E-state index in [1.807, 2.05) is 42.5 Å². The third-order valence-electron chi connectivity index (χ3n) is 6.71. The average Bonchev–Trinajstić information content (AvgIpc) is 3.34. The summed E-state index contributed by atoms with van der Waals surface area (Å²) in [5.74, 6) is 0.0977. The number of amides is 1. The highest BCUT2D eigenvalue weighted by Gasteiger charge is 2.30. The van der Waals surface area contributed by atoms with Crippen molar-refractivity contribution in [3.8, 4) is 22.4 Å². The molecule has 0 bridgehead atoms. The topological polar surface area (TPSA) is 116 Å². The van der Waals surface area contributed by atoms with Gasteiger partial charge in [0.1, 0.15) is 12.4 Å². The fraction of sp³-hybridized carbons (Fsp3) is 0.296. The van der Waals surface area contributed by atoms with Crippen molar-refractivity contribution >= 4 is 23.2 Å². The molecule has 9 nitrogen and oxygen atoms in total. The number of carbonyl (C=O) groups excluding carboxylic acids is 2. The van der Waals surface area contributed by atoms with Crippen LogP contribution in [-0.2, 0) is 9.53 Å². The molecular weight excluding hydrogens is 456 g/mol. The number of hydrogen-bond donors (Lipinski definition) is 1. The molecule has 9 heteroatoms. The van der Waals surface area contributed by atoms with Crippen molar-refractivity contribution < 1.29 is 14.3 Å². The lowest BCUT2D eigenvalue weighted by Gasteiger charge is -2.32.